The zero-order chi connectivity index (χ0) is 14.9. The van der Waals surface area contributed by atoms with Crippen LogP contribution in [-0.2, 0) is 0 Å². The summed E-state index contributed by atoms with van der Waals surface area (Å²) in [5.74, 6) is -0.284. The van der Waals surface area contributed by atoms with Gasteiger partial charge in [-0.05, 0) is 46.6 Å². The molecule has 0 aliphatic rings. The van der Waals surface area contributed by atoms with Crippen molar-refractivity contribution in [2.75, 3.05) is 5.32 Å². The lowest BCUT2D eigenvalue weighted by molar-refractivity contribution is -0.384. The Labute approximate surface area is 131 Å². The quantitative estimate of drug-likeness (QED) is 0.628. The number of thiophene rings is 1. The summed E-state index contributed by atoms with van der Waals surface area (Å²) >= 11 is 10.4. The predicted octanol–water partition coefficient (Wildman–Crippen LogP) is 4.63. The molecule has 0 atom stereocenters. The molecule has 0 aliphatic heterocycles. The van der Waals surface area contributed by atoms with Gasteiger partial charge >= 0.3 is 0 Å². The fraction of sp³-hybridized carbons (Fsp3) is 0.0833. The van der Waals surface area contributed by atoms with E-state index < -0.39 is 4.92 Å². The molecule has 1 N–H and O–H groups in total. The van der Waals surface area contributed by atoms with Crippen LogP contribution >= 0.6 is 38.9 Å². The Balaban J connectivity index is 2.28. The molecule has 0 fully saturated rings. The third-order valence-corrected chi connectivity index (χ3v) is 4.46. The van der Waals surface area contributed by atoms with Gasteiger partial charge in [0.2, 0.25) is 0 Å². The van der Waals surface area contributed by atoms with Gasteiger partial charge in [-0.3, -0.25) is 14.9 Å². The first-order valence-corrected chi connectivity index (χ1v) is 7.38. The minimum absolute atomic E-state index is 0.0109. The summed E-state index contributed by atoms with van der Waals surface area (Å²) in [6.07, 6.45) is 0. The number of halogens is 2. The Morgan fingerprint density at radius 2 is 2.15 bits per heavy atom. The summed E-state index contributed by atoms with van der Waals surface area (Å²) in [5, 5.41) is 13.4. The van der Waals surface area contributed by atoms with Gasteiger partial charge in [-0.15, -0.1) is 11.3 Å². The highest BCUT2D eigenvalue weighted by Gasteiger charge is 2.17. The maximum absolute atomic E-state index is 12.0. The molecule has 1 amide bonds. The van der Waals surface area contributed by atoms with Crippen molar-refractivity contribution in [2.24, 2.45) is 0 Å². The van der Waals surface area contributed by atoms with Gasteiger partial charge in [0.05, 0.1) is 13.6 Å². The maximum Gasteiger partial charge on any atom is 0.288 e. The van der Waals surface area contributed by atoms with Crippen LogP contribution in [-0.4, -0.2) is 10.8 Å². The molecule has 0 saturated carbocycles. The van der Waals surface area contributed by atoms with Crippen LogP contribution in [0.5, 0.6) is 0 Å². The first-order chi connectivity index (χ1) is 9.38. The van der Waals surface area contributed by atoms with Crippen molar-refractivity contribution in [3.63, 3.8) is 0 Å². The van der Waals surface area contributed by atoms with Gasteiger partial charge in [-0.1, -0.05) is 11.6 Å². The third-order valence-electron chi connectivity index (χ3n) is 2.54. The molecule has 0 spiro atoms. The van der Waals surface area contributed by atoms with Gasteiger partial charge in [-0.2, -0.15) is 0 Å². The molecule has 8 heteroatoms. The lowest BCUT2D eigenvalue weighted by Crippen LogP contribution is -2.11. The van der Waals surface area contributed by atoms with E-state index in [9.17, 15) is 14.9 Å². The van der Waals surface area contributed by atoms with Gasteiger partial charge in [0.25, 0.3) is 11.6 Å². The number of nitrogens with zero attached hydrogens (tertiary/aromatic N) is 1. The molecule has 0 aliphatic carbocycles. The van der Waals surface area contributed by atoms with E-state index in [1.165, 1.54) is 23.5 Å². The van der Waals surface area contributed by atoms with Crippen molar-refractivity contribution in [2.45, 2.75) is 6.92 Å². The van der Waals surface area contributed by atoms with E-state index in [4.69, 9.17) is 11.6 Å². The summed E-state index contributed by atoms with van der Waals surface area (Å²) in [6, 6.07) is 6.18. The van der Waals surface area contributed by atoms with Crippen LogP contribution in [0.25, 0.3) is 0 Å². The topological polar surface area (TPSA) is 72.2 Å². The highest BCUT2D eigenvalue weighted by atomic mass is 79.9. The van der Waals surface area contributed by atoms with Crippen LogP contribution in [0.1, 0.15) is 15.2 Å². The van der Waals surface area contributed by atoms with E-state index in [0.29, 0.717) is 16.1 Å². The normalized spacial score (nSPS) is 10.3. The minimum Gasteiger partial charge on any atom is -0.321 e. The molecule has 1 heterocycles. The van der Waals surface area contributed by atoms with Gasteiger partial charge < -0.3 is 5.32 Å². The van der Waals surface area contributed by atoms with E-state index in [0.717, 1.165) is 3.79 Å². The number of nitrogens with one attached hydrogen (secondary N) is 1. The first kappa shape index (κ1) is 15.0. The lowest BCUT2D eigenvalue weighted by Gasteiger charge is -2.08. The summed E-state index contributed by atoms with van der Waals surface area (Å²) in [7, 11) is 0. The van der Waals surface area contributed by atoms with E-state index in [2.05, 4.69) is 21.2 Å². The summed E-state index contributed by atoms with van der Waals surface area (Å²) < 4.78 is 0.848. The Morgan fingerprint density at radius 1 is 1.45 bits per heavy atom. The summed E-state index contributed by atoms with van der Waals surface area (Å²) in [5.41, 5.74) is 0.848. The third kappa shape index (κ3) is 3.17. The van der Waals surface area contributed by atoms with Crippen molar-refractivity contribution < 1.29 is 9.72 Å². The molecule has 0 unspecified atom stereocenters. The van der Waals surface area contributed by atoms with Gasteiger partial charge in [0.1, 0.15) is 5.02 Å². The number of amides is 1. The maximum atomic E-state index is 12.0. The van der Waals surface area contributed by atoms with Crippen LogP contribution in [0.4, 0.5) is 11.4 Å². The molecule has 0 saturated heterocycles. The zero-order valence-electron chi connectivity index (χ0n) is 10.1. The van der Waals surface area contributed by atoms with E-state index in [1.807, 2.05) is 0 Å². The molecule has 0 radical (unpaired) electrons. The first-order valence-electron chi connectivity index (χ1n) is 5.39. The number of anilines is 1. The molecule has 1 aromatic carbocycles. The fourth-order valence-corrected chi connectivity index (χ4v) is 3.08. The predicted molar refractivity (Wildman–Crippen MR) is 82.8 cm³/mol. The molecule has 2 rings (SSSR count). The Kier molecular flexibility index (Phi) is 4.42. The second-order valence-electron chi connectivity index (χ2n) is 3.93. The SMILES string of the molecule is Cc1cc([N+](=O)[O-])c(Cl)cc1NC(=O)c1ccc(Br)s1. The smallest absolute Gasteiger partial charge is 0.288 e. The second-order valence-corrected chi connectivity index (χ2v) is 6.80. The molecule has 20 heavy (non-hydrogen) atoms. The largest absolute Gasteiger partial charge is 0.321 e. The number of benzene rings is 1. The van der Waals surface area contributed by atoms with Gasteiger partial charge in [0, 0.05) is 11.8 Å². The van der Waals surface area contributed by atoms with Crippen molar-refractivity contribution >= 4 is 56.1 Å². The zero-order valence-corrected chi connectivity index (χ0v) is 13.3. The Morgan fingerprint density at radius 3 is 2.70 bits per heavy atom. The van der Waals surface area contributed by atoms with Crippen molar-refractivity contribution in [1.82, 2.24) is 0 Å². The van der Waals surface area contributed by atoms with E-state index >= 15 is 0 Å². The number of nitro groups is 1. The number of nitro benzene ring substituents is 1. The van der Waals surface area contributed by atoms with Crippen LogP contribution in [0, 0.1) is 17.0 Å². The highest BCUT2D eigenvalue weighted by Crippen LogP contribution is 2.31. The Bertz CT molecular complexity index is 702. The lowest BCUT2D eigenvalue weighted by atomic mass is 10.1. The van der Waals surface area contributed by atoms with Crippen molar-refractivity contribution in [3.8, 4) is 0 Å². The summed E-state index contributed by atoms with van der Waals surface area (Å²) in [6.45, 7) is 1.67. The number of rotatable bonds is 3. The number of aryl methyl sites for hydroxylation is 1. The molecule has 1 aromatic heterocycles. The molecule has 104 valence electrons. The Hall–Kier alpha value is -1.44. The van der Waals surface area contributed by atoms with Crippen LogP contribution in [0.2, 0.25) is 5.02 Å². The molecule has 2 aromatic rings. The number of carbonyl (C=O) groups excluding carboxylic acids is 1. The summed E-state index contributed by atoms with van der Waals surface area (Å²) in [4.78, 5) is 22.7. The number of carbonyl (C=O) groups is 1. The minimum atomic E-state index is -0.558. The standard InChI is InChI=1S/C12H8BrClN2O3S/c1-6-4-9(16(18)19)7(14)5-8(6)15-12(17)10-2-3-11(13)20-10/h2-5H,1H3,(H,15,17). The molecule has 5 nitrogen and oxygen atoms in total. The average molecular weight is 376 g/mol. The van der Waals surface area contributed by atoms with Crippen LogP contribution in [0.3, 0.4) is 0 Å². The number of hydrogen-bond donors (Lipinski definition) is 1. The van der Waals surface area contributed by atoms with Gasteiger partial charge in [-0.25, -0.2) is 0 Å². The fourth-order valence-electron chi connectivity index (χ4n) is 1.56. The van der Waals surface area contributed by atoms with E-state index in [-0.39, 0.29) is 16.6 Å². The van der Waals surface area contributed by atoms with Crippen molar-refractivity contribution in [1.29, 1.82) is 0 Å². The van der Waals surface area contributed by atoms with E-state index in [1.54, 1.807) is 19.1 Å². The van der Waals surface area contributed by atoms with Gasteiger partial charge in [0.15, 0.2) is 0 Å². The van der Waals surface area contributed by atoms with Crippen LogP contribution in [0.15, 0.2) is 28.1 Å². The highest BCUT2D eigenvalue weighted by molar-refractivity contribution is 9.11. The monoisotopic (exact) mass is 374 g/mol. The van der Waals surface area contributed by atoms with Crippen molar-refractivity contribution in [3.05, 3.63) is 53.6 Å². The second kappa shape index (κ2) is 5.90. The molecular weight excluding hydrogens is 368 g/mol. The number of hydrogen-bond acceptors (Lipinski definition) is 4. The molecule has 0 bridgehead atoms. The average Bonchev–Trinajstić information content (AvgIpc) is 2.79. The molecular formula is C12H8BrClN2O3S. The van der Waals surface area contributed by atoms with Crippen LogP contribution < -0.4 is 5.32 Å².